The molecule has 0 unspecified atom stereocenters. The Morgan fingerprint density at radius 2 is 1.71 bits per heavy atom. The summed E-state index contributed by atoms with van der Waals surface area (Å²) in [5, 5.41) is 3.14. The molecule has 0 aromatic heterocycles. The number of hydrogen-bond acceptors (Lipinski definition) is 4. The van der Waals surface area contributed by atoms with Gasteiger partial charge >= 0.3 is 0 Å². The van der Waals surface area contributed by atoms with Gasteiger partial charge in [-0.1, -0.05) is 26.2 Å². The van der Waals surface area contributed by atoms with Crippen molar-refractivity contribution in [2.75, 3.05) is 34.4 Å². The van der Waals surface area contributed by atoms with Crippen LogP contribution in [0.3, 0.4) is 0 Å². The molecule has 0 bridgehead atoms. The monoisotopic (exact) mass is 337 g/mol. The highest BCUT2D eigenvalue weighted by Crippen LogP contribution is 2.34. The highest BCUT2D eigenvalue weighted by Gasteiger charge is 2.12. The van der Waals surface area contributed by atoms with E-state index in [4.69, 9.17) is 19.9 Å². The van der Waals surface area contributed by atoms with Crippen molar-refractivity contribution >= 4 is 5.96 Å². The zero-order valence-electron chi connectivity index (χ0n) is 15.4. The Hall–Kier alpha value is -2.11. The third-order valence-corrected chi connectivity index (χ3v) is 3.79. The lowest BCUT2D eigenvalue weighted by Gasteiger charge is -2.15. The number of ether oxygens (including phenoxy) is 3. The SMILES string of the molecule is CCCCCCN=C(N)NCCc1c(OC)cc(OC)cc1OC. The number of rotatable bonds is 11. The highest BCUT2D eigenvalue weighted by atomic mass is 16.5. The van der Waals surface area contributed by atoms with Crippen LogP contribution in [0.5, 0.6) is 17.2 Å². The van der Waals surface area contributed by atoms with E-state index < -0.39 is 0 Å². The van der Waals surface area contributed by atoms with Gasteiger partial charge in [-0.05, 0) is 12.8 Å². The standard InChI is InChI=1S/C18H31N3O3/c1-5-6-7-8-10-20-18(19)21-11-9-15-16(23-3)12-14(22-2)13-17(15)24-4/h12-13H,5-11H2,1-4H3,(H3,19,20,21). The van der Waals surface area contributed by atoms with E-state index in [0.29, 0.717) is 24.7 Å². The van der Waals surface area contributed by atoms with E-state index in [1.807, 2.05) is 12.1 Å². The summed E-state index contributed by atoms with van der Waals surface area (Å²) in [5.74, 6) is 2.66. The first-order chi connectivity index (χ1) is 11.7. The van der Waals surface area contributed by atoms with Crippen molar-refractivity contribution in [3.8, 4) is 17.2 Å². The molecule has 3 N–H and O–H groups in total. The van der Waals surface area contributed by atoms with Crippen molar-refractivity contribution in [2.45, 2.75) is 39.0 Å². The molecular weight excluding hydrogens is 306 g/mol. The predicted octanol–water partition coefficient (Wildman–Crippen LogP) is 2.74. The minimum Gasteiger partial charge on any atom is -0.496 e. The fourth-order valence-corrected chi connectivity index (χ4v) is 2.43. The molecule has 0 saturated carbocycles. The second-order valence-corrected chi connectivity index (χ2v) is 5.51. The lowest BCUT2D eigenvalue weighted by Crippen LogP contribution is -2.33. The fraction of sp³-hybridized carbons (Fsp3) is 0.611. The molecule has 0 radical (unpaired) electrons. The van der Waals surface area contributed by atoms with Crippen molar-refractivity contribution in [1.82, 2.24) is 5.32 Å². The molecule has 1 rings (SSSR count). The van der Waals surface area contributed by atoms with Crippen LogP contribution in [0.1, 0.15) is 38.2 Å². The van der Waals surface area contributed by atoms with Crippen molar-refractivity contribution in [3.05, 3.63) is 17.7 Å². The summed E-state index contributed by atoms with van der Waals surface area (Å²) in [6.07, 6.45) is 5.47. The zero-order valence-corrected chi connectivity index (χ0v) is 15.4. The summed E-state index contributed by atoms with van der Waals surface area (Å²) in [5.41, 5.74) is 6.87. The molecule has 0 aliphatic heterocycles. The Morgan fingerprint density at radius 1 is 1.04 bits per heavy atom. The molecule has 0 aliphatic rings. The van der Waals surface area contributed by atoms with Gasteiger partial charge in [-0.25, -0.2) is 0 Å². The largest absolute Gasteiger partial charge is 0.496 e. The minimum atomic E-state index is 0.484. The average molecular weight is 337 g/mol. The van der Waals surface area contributed by atoms with Gasteiger partial charge in [0.2, 0.25) is 0 Å². The third-order valence-electron chi connectivity index (χ3n) is 3.79. The van der Waals surface area contributed by atoms with E-state index in [9.17, 15) is 0 Å². The number of guanidine groups is 1. The third kappa shape index (κ3) is 6.56. The van der Waals surface area contributed by atoms with Crippen LogP contribution < -0.4 is 25.3 Å². The number of nitrogens with one attached hydrogen (secondary N) is 1. The van der Waals surface area contributed by atoms with E-state index in [0.717, 1.165) is 30.0 Å². The summed E-state index contributed by atoms with van der Waals surface area (Å²) in [7, 11) is 4.89. The molecule has 24 heavy (non-hydrogen) atoms. The maximum atomic E-state index is 5.90. The molecule has 0 saturated heterocycles. The number of benzene rings is 1. The molecule has 1 aromatic carbocycles. The second kappa shape index (κ2) is 11.4. The fourth-order valence-electron chi connectivity index (χ4n) is 2.43. The van der Waals surface area contributed by atoms with E-state index in [1.165, 1.54) is 19.3 Å². The van der Waals surface area contributed by atoms with E-state index in [-0.39, 0.29) is 0 Å². The Morgan fingerprint density at radius 3 is 2.25 bits per heavy atom. The van der Waals surface area contributed by atoms with Crippen molar-refractivity contribution in [3.63, 3.8) is 0 Å². The summed E-state index contributed by atoms with van der Waals surface area (Å²) < 4.78 is 16.1. The van der Waals surface area contributed by atoms with Crippen LogP contribution in [0.4, 0.5) is 0 Å². The molecule has 136 valence electrons. The molecule has 6 nitrogen and oxygen atoms in total. The van der Waals surface area contributed by atoms with Crippen LogP contribution in [-0.2, 0) is 6.42 Å². The van der Waals surface area contributed by atoms with Crippen molar-refractivity contribution in [1.29, 1.82) is 0 Å². The molecular formula is C18H31N3O3. The zero-order chi connectivity index (χ0) is 17.8. The first-order valence-electron chi connectivity index (χ1n) is 8.48. The van der Waals surface area contributed by atoms with Crippen LogP contribution in [-0.4, -0.2) is 40.4 Å². The number of nitrogens with two attached hydrogens (primary N) is 1. The molecule has 6 heteroatoms. The van der Waals surface area contributed by atoms with Crippen LogP contribution in [0, 0.1) is 0 Å². The Kier molecular flexibility index (Phi) is 9.49. The Labute approximate surface area is 145 Å². The van der Waals surface area contributed by atoms with Crippen LogP contribution >= 0.6 is 0 Å². The molecule has 0 fully saturated rings. The highest BCUT2D eigenvalue weighted by molar-refractivity contribution is 5.77. The van der Waals surface area contributed by atoms with E-state index in [2.05, 4.69) is 17.2 Å². The van der Waals surface area contributed by atoms with Gasteiger partial charge in [0.05, 0.1) is 21.3 Å². The predicted molar refractivity (Wildman–Crippen MR) is 98.4 cm³/mol. The molecule has 1 aromatic rings. The lowest BCUT2D eigenvalue weighted by molar-refractivity contribution is 0.368. The van der Waals surface area contributed by atoms with E-state index >= 15 is 0 Å². The molecule has 0 amide bonds. The summed E-state index contributed by atoms with van der Waals surface area (Å²) in [6, 6.07) is 3.70. The molecule has 0 atom stereocenters. The van der Waals surface area contributed by atoms with Crippen LogP contribution in [0.2, 0.25) is 0 Å². The Bertz CT molecular complexity index is 493. The quantitative estimate of drug-likeness (QED) is 0.369. The van der Waals surface area contributed by atoms with E-state index in [1.54, 1.807) is 21.3 Å². The summed E-state index contributed by atoms with van der Waals surface area (Å²) >= 11 is 0. The van der Waals surface area contributed by atoms with Crippen LogP contribution in [0.15, 0.2) is 17.1 Å². The number of unbranched alkanes of at least 4 members (excludes halogenated alkanes) is 3. The Balaban J connectivity index is 2.56. The molecule has 0 aliphatic carbocycles. The van der Waals surface area contributed by atoms with Gasteiger partial charge < -0.3 is 25.3 Å². The number of methoxy groups -OCH3 is 3. The van der Waals surface area contributed by atoms with Crippen molar-refractivity contribution < 1.29 is 14.2 Å². The first kappa shape index (κ1) is 19.9. The average Bonchev–Trinajstić information content (AvgIpc) is 2.61. The normalized spacial score (nSPS) is 11.2. The first-order valence-corrected chi connectivity index (χ1v) is 8.48. The topological polar surface area (TPSA) is 78.1 Å². The summed E-state index contributed by atoms with van der Waals surface area (Å²) in [6.45, 7) is 3.62. The smallest absolute Gasteiger partial charge is 0.188 e. The maximum Gasteiger partial charge on any atom is 0.188 e. The van der Waals surface area contributed by atoms with Gasteiger partial charge in [-0.2, -0.15) is 0 Å². The molecule has 0 heterocycles. The maximum absolute atomic E-state index is 5.90. The minimum absolute atomic E-state index is 0.484. The van der Waals surface area contributed by atoms with Gasteiger partial charge in [-0.15, -0.1) is 0 Å². The van der Waals surface area contributed by atoms with Crippen LogP contribution in [0.25, 0.3) is 0 Å². The van der Waals surface area contributed by atoms with Gasteiger partial charge in [-0.3, -0.25) is 4.99 Å². The second-order valence-electron chi connectivity index (χ2n) is 5.51. The van der Waals surface area contributed by atoms with Crippen molar-refractivity contribution in [2.24, 2.45) is 10.7 Å². The number of nitrogens with zero attached hydrogens (tertiary/aromatic N) is 1. The van der Waals surface area contributed by atoms with Gasteiger partial charge in [0.1, 0.15) is 17.2 Å². The van der Waals surface area contributed by atoms with Gasteiger partial charge in [0.25, 0.3) is 0 Å². The van der Waals surface area contributed by atoms with Gasteiger partial charge in [0, 0.05) is 30.8 Å². The molecule has 0 spiro atoms. The lowest BCUT2D eigenvalue weighted by atomic mass is 10.1. The number of hydrogen-bond donors (Lipinski definition) is 2. The number of aliphatic imine (C=N–C) groups is 1. The van der Waals surface area contributed by atoms with Gasteiger partial charge in [0.15, 0.2) is 5.96 Å². The summed E-state index contributed by atoms with van der Waals surface area (Å²) in [4.78, 5) is 4.34.